The molecule has 174 valence electrons. The number of nitrogens with zero attached hydrogens (tertiary/aromatic N) is 2. The van der Waals surface area contributed by atoms with Gasteiger partial charge in [-0.15, -0.1) is 0 Å². The molecule has 35 heavy (non-hydrogen) atoms. The van der Waals surface area contributed by atoms with Crippen LogP contribution < -0.4 is 16.0 Å². The Labute approximate surface area is 207 Å². The van der Waals surface area contributed by atoms with Crippen LogP contribution in [-0.4, -0.2) is 21.1 Å². The van der Waals surface area contributed by atoms with Crippen LogP contribution in [0.1, 0.15) is 22.4 Å². The summed E-state index contributed by atoms with van der Waals surface area (Å²) in [7, 11) is 1.79. The lowest BCUT2D eigenvalue weighted by molar-refractivity contribution is 0.321. The molecule has 2 aromatic heterocycles. The van der Waals surface area contributed by atoms with Crippen molar-refractivity contribution in [3.05, 3.63) is 117 Å². The van der Waals surface area contributed by atoms with E-state index in [1.165, 1.54) is 0 Å². The van der Waals surface area contributed by atoms with E-state index in [0.29, 0.717) is 23.8 Å². The van der Waals surface area contributed by atoms with Crippen molar-refractivity contribution in [2.45, 2.75) is 12.0 Å². The SMILES string of the molecule is Cn1c(=O)cc2c3cc(ccc31)[C@@](N)(c1cnc[nH]1)c1ccc(Cl)c(c1)OCCc1cccc-2c1. The van der Waals surface area contributed by atoms with Crippen LogP contribution in [0.2, 0.25) is 5.02 Å². The number of hydrogen-bond acceptors (Lipinski definition) is 4. The molecule has 0 fully saturated rings. The van der Waals surface area contributed by atoms with Gasteiger partial charge in [-0.25, -0.2) is 4.98 Å². The van der Waals surface area contributed by atoms with Crippen LogP contribution in [0.5, 0.6) is 5.75 Å². The topological polar surface area (TPSA) is 85.9 Å². The monoisotopic (exact) mass is 482 g/mol. The van der Waals surface area contributed by atoms with Crippen molar-refractivity contribution < 1.29 is 4.74 Å². The number of imidazole rings is 1. The largest absolute Gasteiger partial charge is 0.492 e. The summed E-state index contributed by atoms with van der Waals surface area (Å²) in [6.45, 7) is 0.450. The van der Waals surface area contributed by atoms with E-state index in [9.17, 15) is 4.79 Å². The number of H-pyrrole nitrogens is 1. The summed E-state index contributed by atoms with van der Waals surface area (Å²) in [5, 5.41) is 1.47. The Hall–Kier alpha value is -3.87. The number of rotatable bonds is 1. The van der Waals surface area contributed by atoms with Crippen molar-refractivity contribution >= 4 is 22.5 Å². The fourth-order valence-corrected chi connectivity index (χ4v) is 5.10. The lowest BCUT2D eigenvalue weighted by Gasteiger charge is -2.31. The average Bonchev–Trinajstić information content (AvgIpc) is 3.42. The van der Waals surface area contributed by atoms with Gasteiger partial charge in [0.15, 0.2) is 0 Å². The first-order valence-corrected chi connectivity index (χ1v) is 11.8. The zero-order valence-electron chi connectivity index (χ0n) is 19.1. The molecule has 5 aromatic rings. The second kappa shape index (κ2) is 8.12. The Morgan fingerprint density at radius 1 is 1.09 bits per heavy atom. The average molecular weight is 483 g/mol. The summed E-state index contributed by atoms with van der Waals surface area (Å²) in [4.78, 5) is 20.3. The maximum absolute atomic E-state index is 12.9. The van der Waals surface area contributed by atoms with Gasteiger partial charge in [-0.3, -0.25) is 4.79 Å². The van der Waals surface area contributed by atoms with Gasteiger partial charge in [0.1, 0.15) is 11.3 Å². The second-order valence-electron chi connectivity index (χ2n) is 8.90. The summed E-state index contributed by atoms with van der Waals surface area (Å²) in [5.74, 6) is 0.579. The van der Waals surface area contributed by atoms with E-state index in [1.807, 2.05) is 42.5 Å². The molecule has 3 N–H and O–H groups in total. The molecule has 0 saturated heterocycles. The summed E-state index contributed by atoms with van der Waals surface area (Å²) in [6.07, 6.45) is 4.04. The standard InChI is InChI=1S/C28H23ClN4O2/c1-33-24-8-6-19-12-22(24)21(14-27(33)34)18-4-2-3-17(11-18)9-10-35-25-13-20(5-7-23(25)29)28(19,30)26-15-31-16-32-26/h2-8,11-16H,9-10,30H2,1H3,(H,31,32)/t28-/m0/s1. The normalized spacial score (nSPS) is 17.2. The van der Waals surface area contributed by atoms with Crippen LogP contribution in [0.25, 0.3) is 22.0 Å². The minimum atomic E-state index is -1.06. The quantitative estimate of drug-likeness (QED) is 0.360. The van der Waals surface area contributed by atoms with E-state index >= 15 is 0 Å². The van der Waals surface area contributed by atoms with Gasteiger partial charge in [-0.2, -0.15) is 0 Å². The molecule has 1 aliphatic rings. The van der Waals surface area contributed by atoms with E-state index in [0.717, 1.165) is 44.4 Å². The van der Waals surface area contributed by atoms with Gasteiger partial charge in [-0.1, -0.05) is 48.0 Å². The molecule has 0 unspecified atom stereocenters. The Kier molecular flexibility index (Phi) is 5.02. The Bertz CT molecular complexity index is 1640. The molecule has 3 heterocycles. The highest BCUT2D eigenvalue weighted by Crippen LogP contribution is 2.39. The number of aromatic nitrogens is 3. The zero-order valence-corrected chi connectivity index (χ0v) is 19.8. The van der Waals surface area contributed by atoms with Crippen LogP contribution >= 0.6 is 11.6 Å². The van der Waals surface area contributed by atoms with Gasteiger partial charge in [0.05, 0.1) is 35.4 Å². The third-order valence-corrected chi connectivity index (χ3v) is 7.21. The lowest BCUT2D eigenvalue weighted by atomic mass is 9.80. The first-order valence-electron chi connectivity index (χ1n) is 11.4. The van der Waals surface area contributed by atoms with E-state index < -0.39 is 5.54 Å². The number of benzene rings is 3. The van der Waals surface area contributed by atoms with E-state index in [1.54, 1.807) is 30.2 Å². The molecule has 0 saturated carbocycles. The number of aryl methyl sites for hydroxylation is 1. The molecule has 0 aliphatic carbocycles. The smallest absolute Gasteiger partial charge is 0.251 e. The van der Waals surface area contributed by atoms with Crippen LogP contribution in [-0.2, 0) is 19.0 Å². The predicted molar refractivity (Wildman–Crippen MR) is 138 cm³/mol. The number of fused-ring (bicyclic) bond motifs is 6. The van der Waals surface area contributed by atoms with Gasteiger partial charge in [0.2, 0.25) is 0 Å². The molecule has 7 heteroatoms. The van der Waals surface area contributed by atoms with Gasteiger partial charge in [0, 0.05) is 24.9 Å². The Morgan fingerprint density at radius 3 is 2.74 bits per heavy atom. The van der Waals surface area contributed by atoms with Crippen molar-refractivity contribution in [1.29, 1.82) is 0 Å². The van der Waals surface area contributed by atoms with E-state index in [-0.39, 0.29) is 5.56 Å². The van der Waals surface area contributed by atoms with Crippen LogP contribution in [0.3, 0.4) is 0 Å². The number of halogens is 1. The molecule has 1 aliphatic heterocycles. The number of ether oxygens (including phenoxy) is 1. The third kappa shape index (κ3) is 3.45. The third-order valence-electron chi connectivity index (χ3n) is 6.90. The van der Waals surface area contributed by atoms with Gasteiger partial charge < -0.3 is 20.0 Å². The van der Waals surface area contributed by atoms with Crippen molar-refractivity contribution in [2.75, 3.05) is 6.61 Å². The maximum atomic E-state index is 12.9. The summed E-state index contributed by atoms with van der Waals surface area (Å²) < 4.78 is 7.78. The van der Waals surface area contributed by atoms with Crippen LogP contribution in [0, 0.1) is 0 Å². The van der Waals surface area contributed by atoms with Crippen molar-refractivity contribution in [1.82, 2.24) is 14.5 Å². The Morgan fingerprint density at radius 2 is 1.91 bits per heavy atom. The van der Waals surface area contributed by atoms with Crippen molar-refractivity contribution in [3.8, 4) is 16.9 Å². The molecule has 1 atom stereocenters. The molecular formula is C28H23ClN4O2. The summed E-state index contributed by atoms with van der Waals surface area (Å²) in [6, 6.07) is 21.5. The molecule has 0 radical (unpaired) electrons. The zero-order chi connectivity index (χ0) is 24.2. The molecule has 0 spiro atoms. The van der Waals surface area contributed by atoms with Crippen LogP contribution in [0.15, 0.2) is 84.0 Å². The molecular weight excluding hydrogens is 460 g/mol. The number of nitrogens with two attached hydrogens (primary N) is 1. The second-order valence-corrected chi connectivity index (χ2v) is 9.31. The fraction of sp³-hybridized carbons (Fsp3) is 0.143. The number of nitrogens with one attached hydrogen (secondary N) is 1. The van der Waals surface area contributed by atoms with Crippen molar-refractivity contribution in [2.24, 2.45) is 12.8 Å². The number of pyridine rings is 1. The predicted octanol–water partition coefficient (Wildman–Crippen LogP) is 4.77. The van der Waals surface area contributed by atoms with Gasteiger partial charge in [-0.05, 0) is 52.1 Å². The first-order chi connectivity index (χ1) is 16.9. The van der Waals surface area contributed by atoms with Crippen LogP contribution in [0.4, 0.5) is 0 Å². The number of hydrogen-bond donors (Lipinski definition) is 2. The Balaban J connectivity index is 1.73. The maximum Gasteiger partial charge on any atom is 0.251 e. The molecule has 0 amide bonds. The van der Waals surface area contributed by atoms with Gasteiger partial charge >= 0.3 is 0 Å². The number of aromatic amines is 1. The first kappa shape index (κ1) is 21.6. The van der Waals surface area contributed by atoms with E-state index in [2.05, 4.69) is 28.2 Å². The minimum Gasteiger partial charge on any atom is -0.492 e. The molecule has 6 rings (SSSR count). The highest BCUT2D eigenvalue weighted by atomic mass is 35.5. The highest BCUT2D eigenvalue weighted by Gasteiger charge is 2.35. The lowest BCUT2D eigenvalue weighted by Crippen LogP contribution is -2.39. The highest BCUT2D eigenvalue weighted by molar-refractivity contribution is 6.32. The fourth-order valence-electron chi connectivity index (χ4n) is 4.93. The summed E-state index contributed by atoms with van der Waals surface area (Å²) >= 11 is 6.50. The van der Waals surface area contributed by atoms with E-state index in [4.69, 9.17) is 22.1 Å². The van der Waals surface area contributed by atoms with Crippen molar-refractivity contribution in [3.63, 3.8) is 0 Å². The molecule has 6 bridgehead atoms. The van der Waals surface area contributed by atoms with Gasteiger partial charge in [0.25, 0.3) is 5.56 Å². The summed E-state index contributed by atoms with van der Waals surface area (Å²) in [5.41, 5.74) is 12.3. The molecule has 6 nitrogen and oxygen atoms in total. The minimum absolute atomic E-state index is 0.0648. The molecule has 3 aromatic carbocycles.